The van der Waals surface area contributed by atoms with E-state index in [-0.39, 0.29) is 21.7 Å². The van der Waals surface area contributed by atoms with Gasteiger partial charge in [-0.2, -0.15) is 0 Å². The molecule has 2 aromatic rings. The number of hydrogen-bond acceptors (Lipinski definition) is 1. The van der Waals surface area contributed by atoms with E-state index in [0.717, 1.165) is 16.7 Å². The number of hydrogen-bond donors (Lipinski definition) is 1. The molecular weight excluding hydrogens is 220 g/mol. The van der Waals surface area contributed by atoms with Gasteiger partial charge in [0.2, 0.25) is 0 Å². The molecule has 0 heterocycles. The summed E-state index contributed by atoms with van der Waals surface area (Å²) < 4.78 is 0. The van der Waals surface area contributed by atoms with E-state index in [0.29, 0.717) is 5.75 Å². The molecular formula is C13H12OTi. The molecule has 0 saturated heterocycles. The van der Waals surface area contributed by atoms with Gasteiger partial charge in [-0.1, -0.05) is 36.4 Å². The van der Waals surface area contributed by atoms with E-state index in [9.17, 15) is 5.11 Å². The van der Waals surface area contributed by atoms with Gasteiger partial charge < -0.3 is 5.11 Å². The Morgan fingerprint density at radius 2 is 1.53 bits per heavy atom. The van der Waals surface area contributed by atoms with Gasteiger partial charge in [0.1, 0.15) is 5.75 Å². The van der Waals surface area contributed by atoms with Crippen LogP contribution in [-0.4, -0.2) is 5.11 Å². The molecule has 1 nitrogen and oxygen atoms in total. The van der Waals surface area contributed by atoms with Crippen molar-refractivity contribution in [2.75, 3.05) is 0 Å². The number of aryl methyl sites for hydroxylation is 1. The van der Waals surface area contributed by atoms with Crippen LogP contribution in [0.3, 0.4) is 0 Å². The normalized spacial score (nSPS) is 9.40. The van der Waals surface area contributed by atoms with Crippen LogP contribution in [0.4, 0.5) is 0 Å². The maximum Gasteiger partial charge on any atom is 0.116 e. The zero-order chi connectivity index (χ0) is 9.97. The first kappa shape index (κ1) is 12.0. The summed E-state index contributed by atoms with van der Waals surface area (Å²) in [5.74, 6) is 0.323. The molecule has 15 heavy (non-hydrogen) atoms. The molecule has 0 fully saturated rings. The van der Waals surface area contributed by atoms with Crippen LogP contribution in [0.15, 0.2) is 48.5 Å². The van der Waals surface area contributed by atoms with Gasteiger partial charge in [0.25, 0.3) is 0 Å². The van der Waals surface area contributed by atoms with Crippen LogP contribution in [0.1, 0.15) is 5.56 Å². The minimum atomic E-state index is 0. The van der Waals surface area contributed by atoms with E-state index < -0.39 is 0 Å². The van der Waals surface area contributed by atoms with Gasteiger partial charge in [-0.15, -0.1) is 0 Å². The molecule has 0 amide bonds. The van der Waals surface area contributed by atoms with Crippen LogP contribution in [0.25, 0.3) is 11.1 Å². The van der Waals surface area contributed by atoms with E-state index in [4.69, 9.17) is 0 Å². The van der Waals surface area contributed by atoms with Crippen LogP contribution in [0, 0.1) is 6.92 Å². The Hall–Kier alpha value is -1.05. The molecule has 0 aliphatic rings. The zero-order valence-corrected chi connectivity index (χ0v) is 10.1. The molecule has 0 aliphatic heterocycles. The number of phenols is 1. The molecule has 2 rings (SSSR count). The third-order valence-electron chi connectivity index (χ3n) is 2.17. The SMILES string of the molecule is Cc1cc(O)cc(-c2ccccc2)c1.[Ti]. The van der Waals surface area contributed by atoms with Gasteiger partial charge in [0.05, 0.1) is 0 Å². The molecule has 74 valence electrons. The van der Waals surface area contributed by atoms with E-state index in [1.165, 1.54) is 0 Å². The monoisotopic (exact) mass is 232 g/mol. The first-order valence-corrected chi connectivity index (χ1v) is 4.62. The second kappa shape index (κ2) is 5.15. The topological polar surface area (TPSA) is 20.2 Å². The number of rotatable bonds is 1. The van der Waals surface area contributed by atoms with E-state index >= 15 is 0 Å². The summed E-state index contributed by atoms with van der Waals surface area (Å²) in [5, 5.41) is 9.46. The molecule has 0 aliphatic carbocycles. The van der Waals surface area contributed by atoms with Gasteiger partial charge in [-0.05, 0) is 35.7 Å². The predicted molar refractivity (Wildman–Crippen MR) is 58.3 cm³/mol. The summed E-state index contributed by atoms with van der Waals surface area (Å²) in [6.07, 6.45) is 0. The molecule has 0 atom stereocenters. The first-order chi connectivity index (χ1) is 6.75. The Morgan fingerprint density at radius 1 is 0.867 bits per heavy atom. The van der Waals surface area contributed by atoms with Gasteiger partial charge >= 0.3 is 0 Å². The fraction of sp³-hybridized carbons (Fsp3) is 0.0769. The molecule has 1 N–H and O–H groups in total. The Balaban J connectivity index is 0.00000112. The van der Waals surface area contributed by atoms with Crippen molar-refractivity contribution in [3.8, 4) is 16.9 Å². The largest absolute Gasteiger partial charge is 0.508 e. The van der Waals surface area contributed by atoms with Crippen molar-refractivity contribution in [1.29, 1.82) is 0 Å². The van der Waals surface area contributed by atoms with Gasteiger partial charge in [-0.25, -0.2) is 0 Å². The molecule has 0 spiro atoms. The van der Waals surface area contributed by atoms with E-state index in [1.54, 1.807) is 12.1 Å². The van der Waals surface area contributed by atoms with Crippen molar-refractivity contribution in [2.45, 2.75) is 6.92 Å². The summed E-state index contributed by atoms with van der Waals surface area (Å²) in [6, 6.07) is 15.6. The molecule has 2 aromatic carbocycles. The molecule has 2 heteroatoms. The summed E-state index contributed by atoms with van der Waals surface area (Å²) in [6.45, 7) is 1.98. The Morgan fingerprint density at radius 3 is 2.13 bits per heavy atom. The Labute approximate surface area is 105 Å². The summed E-state index contributed by atoms with van der Waals surface area (Å²) in [5.41, 5.74) is 3.26. The molecule has 0 bridgehead atoms. The van der Waals surface area contributed by atoms with Gasteiger partial charge in [0.15, 0.2) is 0 Å². The molecule has 0 unspecified atom stereocenters. The van der Waals surface area contributed by atoms with Crippen molar-refractivity contribution in [2.24, 2.45) is 0 Å². The van der Waals surface area contributed by atoms with Crippen molar-refractivity contribution in [3.63, 3.8) is 0 Å². The second-order valence-corrected chi connectivity index (χ2v) is 3.42. The fourth-order valence-electron chi connectivity index (χ4n) is 1.56. The van der Waals surface area contributed by atoms with E-state index in [1.807, 2.05) is 37.3 Å². The van der Waals surface area contributed by atoms with Crippen LogP contribution in [0.5, 0.6) is 5.75 Å². The van der Waals surface area contributed by atoms with Gasteiger partial charge in [-0.3, -0.25) is 0 Å². The van der Waals surface area contributed by atoms with Crippen LogP contribution in [-0.2, 0) is 21.7 Å². The zero-order valence-electron chi connectivity index (χ0n) is 8.57. The third kappa shape index (κ3) is 2.95. The van der Waals surface area contributed by atoms with Crippen LogP contribution < -0.4 is 0 Å². The quantitative estimate of drug-likeness (QED) is 0.747. The van der Waals surface area contributed by atoms with Crippen molar-refractivity contribution >= 4 is 0 Å². The predicted octanol–water partition coefficient (Wildman–Crippen LogP) is 3.37. The standard InChI is InChI=1S/C13H12O.Ti/c1-10-7-12(9-13(14)8-10)11-5-3-2-4-6-11;/h2-9,14H,1H3;. The van der Waals surface area contributed by atoms with Gasteiger partial charge in [0, 0.05) is 21.7 Å². The van der Waals surface area contributed by atoms with Crippen molar-refractivity contribution in [1.82, 2.24) is 0 Å². The van der Waals surface area contributed by atoms with Crippen LogP contribution in [0.2, 0.25) is 0 Å². The fourth-order valence-corrected chi connectivity index (χ4v) is 1.56. The van der Waals surface area contributed by atoms with Crippen molar-refractivity contribution in [3.05, 3.63) is 54.1 Å². The number of aromatic hydroxyl groups is 1. The number of benzene rings is 2. The minimum absolute atomic E-state index is 0. The van der Waals surface area contributed by atoms with Crippen LogP contribution >= 0.6 is 0 Å². The van der Waals surface area contributed by atoms with Crippen molar-refractivity contribution < 1.29 is 26.8 Å². The maximum absolute atomic E-state index is 9.46. The molecule has 0 saturated carbocycles. The molecule has 0 radical (unpaired) electrons. The Kier molecular flexibility index (Phi) is 4.13. The smallest absolute Gasteiger partial charge is 0.116 e. The Bertz CT molecular complexity index is 417. The second-order valence-electron chi connectivity index (χ2n) is 3.42. The average Bonchev–Trinajstić information content (AvgIpc) is 2.18. The summed E-state index contributed by atoms with van der Waals surface area (Å²) in [4.78, 5) is 0. The summed E-state index contributed by atoms with van der Waals surface area (Å²) in [7, 11) is 0. The first-order valence-electron chi connectivity index (χ1n) is 4.62. The minimum Gasteiger partial charge on any atom is -0.508 e. The third-order valence-corrected chi connectivity index (χ3v) is 2.17. The molecule has 0 aromatic heterocycles. The number of phenolic OH excluding ortho intramolecular Hbond substituents is 1. The maximum atomic E-state index is 9.46. The summed E-state index contributed by atoms with van der Waals surface area (Å²) >= 11 is 0. The average molecular weight is 232 g/mol. The van der Waals surface area contributed by atoms with E-state index in [2.05, 4.69) is 6.07 Å².